The van der Waals surface area contributed by atoms with Gasteiger partial charge >= 0.3 is 0 Å². The molecule has 1 aliphatic rings. The van der Waals surface area contributed by atoms with Crippen molar-refractivity contribution in [1.29, 1.82) is 0 Å². The summed E-state index contributed by atoms with van der Waals surface area (Å²) in [4.78, 5) is 0. The van der Waals surface area contributed by atoms with Gasteiger partial charge < -0.3 is 14.8 Å². The largest absolute Gasteiger partial charge is 0.379 e. The average molecular weight is 271 g/mol. The van der Waals surface area contributed by atoms with Crippen LogP contribution in [0, 0.1) is 0 Å². The van der Waals surface area contributed by atoms with Crippen molar-refractivity contribution in [3.05, 3.63) is 0 Å². The lowest BCUT2D eigenvalue weighted by Crippen LogP contribution is -2.49. The van der Waals surface area contributed by atoms with Crippen molar-refractivity contribution in [2.75, 3.05) is 26.4 Å². The number of hydrogen-bond acceptors (Lipinski definition) is 3. The fourth-order valence-electron chi connectivity index (χ4n) is 2.63. The summed E-state index contributed by atoms with van der Waals surface area (Å²) in [6.07, 6.45) is 7.66. The van der Waals surface area contributed by atoms with E-state index in [-0.39, 0.29) is 11.1 Å². The maximum atomic E-state index is 6.26. The minimum absolute atomic E-state index is 0.0287. The Hall–Kier alpha value is -0.120. The first-order valence-corrected chi connectivity index (χ1v) is 7.94. The molecule has 0 aromatic rings. The quantitative estimate of drug-likeness (QED) is 0.567. The molecule has 0 aliphatic heterocycles. The van der Waals surface area contributed by atoms with Crippen molar-refractivity contribution >= 4 is 0 Å². The Morgan fingerprint density at radius 1 is 1.00 bits per heavy atom. The fraction of sp³-hybridized carbons (Fsp3) is 1.00. The van der Waals surface area contributed by atoms with Crippen LogP contribution in [0.4, 0.5) is 0 Å². The molecule has 0 aromatic carbocycles. The van der Waals surface area contributed by atoms with Gasteiger partial charge in [-0.3, -0.25) is 0 Å². The molecule has 0 heterocycles. The van der Waals surface area contributed by atoms with Gasteiger partial charge in [-0.25, -0.2) is 0 Å². The fourth-order valence-corrected chi connectivity index (χ4v) is 2.63. The van der Waals surface area contributed by atoms with Crippen LogP contribution in [-0.4, -0.2) is 37.5 Å². The highest BCUT2D eigenvalue weighted by Crippen LogP contribution is 2.30. The Bertz CT molecular complexity index is 227. The summed E-state index contributed by atoms with van der Waals surface area (Å²) in [5.74, 6) is 0. The molecule has 1 saturated carbocycles. The van der Waals surface area contributed by atoms with E-state index in [1.54, 1.807) is 0 Å². The number of rotatable bonds is 7. The first-order valence-electron chi connectivity index (χ1n) is 7.94. The molecule has 0 bridgehead atoms. The van der Waals surface area contributed by atoms with Gasteiger partial charge in [0.25, 0.3) is 0 Å². The molecule has 0 atom stereocenters. The molecule has 0 spiro atoms. The normalized spacial score (nSPS) is 20.2. The highest BCUT2D eigenvalue weighted by atomic mass is 16.5. The van der Waals surface area contributed by atoms with Crippen LogP contribution in [0.1, 0.15) is 66.2 Å². The summed E-state index contributed by atoms with van der Waals surface area (Å²) in [5.41, 5.74) is 0.184. The number of nitrogens with one attached hydrogen (secondary N) is 1. The molecular formula is C16H33NO2. The van der Waals surface area contributed by atoms with E-state index in [4.69, 9.17) is 9.47 Å². The highest BCUT2D eigenvalue weighted by molar-refractivity contribution is 4.88. The molecule has 114 valence electrons. The molecular weight excluding hydrogens is 238 g/mol. The summed E-state index contributed by atoms with van der Waals surface area (Å²) >= 11 is 0. The Morgan fingerprint density at radius 3 is 2.16 bits per heavy atom. The van der Waals surface area contributed by atoms with E-state index in [9.17, 15) is 0 Å². The molecule has 19 heavy (non-hydrogen) atoms. The van der Waals surface area contributed by atoms with E-state index in [0.29, 0.717) is 6.61 Å². The predicted octanol–water partition coefficient (Wildman–Crippen LogP) is 3.52. The zero-order chi connectivity index (χ0) is 14.2. The SMILES string of the molecule is CCOCCOC1(CNC(C)(C)C)CCCCCC1. The first-order chi connectivity index (χ1) is 8.97. The van der Waals surface area contributed by atoms with Crippen LogP contribution in [0.5, 0.6) is 0 Å². The van der Waals surface area contributed by atoms with E-state index >= 15 is 0 Å². The van der Waals surface area contributed by atoms with Gasteiger partial charge in [0, 0.05) is 18.7 Å². The van der Waals surface area contributed by atoms with Crippen LogP contribution >= 0.6 is 0 Å². The van der Waals surface area contributed by atoms with Crippen LogP contribution in [0.15, 0.2) is 0 Å². The molecule has 0 unspecified atom stereocenters. The van der Waals surface area contributed by atoms with Gasteiger partial charge in [0.2, 0.25) is 0 Å². The number of ether oxygens (including phenoxy) is 2. The van der Waals surface area contributed by atoms with Crippen molar-refractivity contribution < 1.29 is 9.47 Å². The van der Waals surface area contributed by atoms with Crippen molar-refractivity contribution in [2.45, 2.75) is 77.4 Å². The molecule has 3 nitrogen and oxygen atoms in total. The molecule has 0 amide bonds. The molecule has 0 radical (unpaired) electrons. The first kappa shape index (κ1) is 16.9. The van der Waals surface area contributed by atoms with Crippen molar-refractivity contribution in [3.63, 3.8) is 0 Å². The lowest BCUT2D eigenvalue weighted by atomic mass is 9.92. The van der Waals surface area contributed by atoms with Crippen LogP contribution in [0.2, 0.25) is 0 Å². The molecule has 0 aromatic heterocycles. The minimum atomic E-state index is 0.0287. The summed E-state index contributed by atoms with van der Waals surface area (Å²) in [6.45, 7) is 11.9. The van der Waals surface area contributed by atoms with Gasteiger partial charge in [-0.05, 0) is 40.5 Å². The summed E-state index contributed by atoms with van der Waals surface area (Å²) in [6, 6.07) is 0. The third kappa shape index (κ3) is 7.28. The van der Waals surface area contributed by atoms with Gasteiger partial charge in [0.1, 0.15) is 0 Å². The van der Waals surface area contributed by atoms with Crippen molar-refractivity contribution in [1.82, 2.24) is 5.32 Å². The molecule has 3 heteroatoms. The Kier molecular flexibility index (Phi) is 7.33. The smallest absolute Gasteiger partial charge is 0.0807 e. The van der Waals surface area contributed by atoms with Crippen molar-refractivity contribution in [3.8, 4) is 0 Å². The number of hydrogen-bond donors (Lipinski definition) is 1. The third-order valence-electron chi connectivity index (χ3n) is 3.80. The van der Waals surface area contributed by atoms with E-state index in [0.717, 1.165) is 19.8 Å². The maximum Gasteiger partial charge on any atom is 0.0807 e. The monoisotopic (exact) mass is 271 g/mol. The lowest BCUT2D eigenvalue weighted by molar-refractivity contribution is -0.0766. The standard InChI is InChI=1S/C16H33NO2/c1-5-18-12-13-19-16(14-17-15(2,3)4)10-8-6-7-9-11-16/h17H,5-14H2,1-4H3. The van der Waals surface area contributed by atoms with Gasteiger partial charge in [-0.15, -0.1) is 0 Å². The minimum Gasteiger partial charge on any atom is -0.379 e. The Balaban J connectivity index is 2.50. The van der Waals surface area contributed by atoms with Gasteiger partial charge in [-0.2, -0.15) is 0 Å². The van der Waals surface area contributed by atoms with Gasteiger partial charge in [0.05, 0.1) is 18.8 Å². The van der Waals surface area contributed by atoms with Crippen LogP contribution in [-0.2, 0) is 9.47 Å². The molecule has 1 N–H and O–H groups in total. The summed E-state index contributed by atoms with van der Waals surface area (Å²) < 4.78 is 11.7. The van der Waals surface area contributed by atoms with E-state index in [1.807, 2.05) is 6.92 Å². The average Bonchev–Trinajstić information content (AvgIpc) is 2.58. The van der Waals surface area contributed by atoms with Crippen LogP contribution in [0.25, 0.3) is 0 Å². The van der Waals surface area contributed by atoms with Crippen LogP contribution in [0.3, 0.4) is 0 Å². The molecule has 1 fully saturated rings. The summed E-state index contributed by atoms with van der Waals surface area (Å²) in [5, 5.41) is 3.64. The predicted molar refractivity (Wildman–Crippen MR) is 80.6 cm³/mol. The van der Waals surface area contributed by atoms with E-state index in [2.05, 4.69) is 26.1 Å². The highest BCUT2D eigenvalue weighted by Gasteiger charge is 2.32. The van der Waals surface area contributed by atoms with Gasteiger partial charge in [0.15, 0.2) is 0 Å². The zero-order valence-corrected chi connectivity index (χ0v) is 13.4. The second kappa shape index (κ2) is 8.23. The second-order valence-corrected chi connectivity index (χ2v) is 6.75. The van der Waals surface area contributed by atoms with Crippen molar-refractivity contribution in [2.24, 2.45) is 0 Å². The van der Waals surface area contributed by atoms with E-state index in [1.165, 1.54) is 38.5 Å². The molecule has 1 rings (SSSR count). The van der Waals surface area contributed by atoms with E-state index < -0.39 is 0 Å². The second-order valence-electron chi connectivity index (χ2n) is 6.75. The van der Waals surface area contributed by atoms with Gasteiger partial charge in [-0.1, -0.05) is 25.7 Å². The molecule has 1 aliphatic carbocycles. The molecule has 0 saturated heterocycles. The Morgan fingerprint density at radius 2 is 1.63 bits per heavy atom. The topological polar surface area (TPSA) is 30.5 Å². The third-order valence-corrected chi connectivity index (χ3v) is 3.80. The zero-order valence-electron chi connectivity index (χ0n) is 13.4. The lowest BCUT2D eigenvalue weighted by Gasteiger charge is -2.36. The maximum absolute atomic E-state index is 6.26. The Labute approximate surface area is 119 Å². The summed E-state index contributed by atoms with van der Waals surface area (Å²) in [7, 11) is 0. The van der Waals surface area contributed by atoms with Crippen LogP contribution < -0.4 is 5.32 Å².